The van der Waals surface area contributed by atoms with E-state index in [1.807, 2.05) is 45.0 Å². The van der Waals surface area contributed by atoms with Gasteiger partial charge >= 0.3 is 5.97 Å². The zero-order chi connectivity index (χ0) is 37.1. The quantitative estimate of drug-likeness (QED) is 0.124. The van der Waals surface area contributed by atoms with Crippen LogP contribution in [-0.2, 0) is 13.9 Å². The molecule has 0 saturated carbocycles. The van der Waals surface area contributed by atoms with Gasteiger partial charge in [0.15, 0.2) is 8.32 Å². The molecule has 2 aliphatic heterocycles. The third kappa shape index (κ3) is 10.5. The Kier molecular flexibility index (Phi) is 12.9. The minimum atomic E-state index is -2.04. The van der Waals surface area contributed by atoms with E-state index in [1.54, 1.807) is 0 Å². The van der Waals surface area contributed by atoms with E-state index in [4.69, 9.17) is 18.2 Å². The van der Waals surface area contributed by atoms with Crippen LogP contribution in [0.5, 0.6) is 11.5 Å². The van der Waals surface area contributed by atoms with Crippen LogP contribution in [0.1, 0.15) is 118 Å². The summed E-state index contributed by atoms with van der Waals surface area (Å²) in [7, 11) is -4.02. The minimum Gasteiger partial charge on any atom is -0.544 e. The van der Waals surface area contributed by atoms with E-state index in [0.29, 0.717) is 24.0 Å². The summed E-state index contributed by atoms with van der Waals surface area (Å²) in [4.78, 5) is 12.5. The summed E-state index contributed by atoms with van der Waals surface area (Å²) in [5, 5.41) is 0.223. The van der Waals surface area contributed by atoms with E-state index in [9.17, 15) is 4.79 Å². The first-order valence-electron chi connectivity index (χ1n) is 19.2. The van der Waals surface area contributed by atoms with Crippen molar-refractivity contribution in [3.05, 3.63) is 65.7 Å². The number of esters is 1. The lowest BCUT2D eigenvalue weighted by atomic mass is 9.38. The van der Waals surface area contributed by atoms with Crippen LogP contribution in [0.25, 0.3) is 6.08 Å². The van der Waals surface area contributed by atoms with Crippen molar-refractivity contribution >= 4 is 35.6 Å². The molecule has 276 valence electrons. The van der Waals surface area contributed by atoms with E-state index in [2.05, 4.69) is 104 Å². The maximum absolute atomic E-state index is 12.5. The van der Waals surface area contributed by atoms with Gasteiger partial charge < -0.3 is 18.2 Å². The zero-order valence-electron chi connectivity index (χ0n) is 33.7. The topological polar surface area (TPSA) is 54.0 Å². The monoisotopic (exact) mass is 718 g/mol. The molecule has 2 aliphatic rings. The molecule has 2 aromatic rings. The lowest BCUT2D eigenvalue weighted by molar-refractivity contribution is -0.143. The van der Waals surface area contributed by atoms with Crippen LogP contribution in [0.2, 0.25) is 47.9 Å². The standard InChI is InChI=1S/C42H67BO5Si2/c1-40(2,3)39(44)46-35-25-20-31(21-26-35)22-29-37(32-23-27-36(28-24-32)48-50(12,13)42(7,8)9)38(30-45-49(10,11)41(4,5)6)47-43-33-16-14-17-34(43)19-15-18-33/h20-29,33-34,37-38H,14-19,30H2,1-13H3/b29-22-. The van der Waals surface area contributed by atoms with Gasteiger partial charge in [-0.2, -0.15) is 0 Å². The van der Waals surface area contributed by atoms with Crippen LogP contribution >= 0.6 is 0 Å². The van der Waals surface area contributed by atoms with Gasteiger partial charge in [-0.15, -0.1) is 0 Å². The summed E-state index contributed by atoms with van der Waals surface area (Å²) < 4.78 is 26.7. The van der Waals surface area contributed by atoms with Crippen molar-refractivity contribution in [1.29, 1.82) is 0 Å². The molecule has 2 saturated heterocycles. The molecule has 2 aromatic carbocycles. The van der Waals surface area contributed by atoms with Gasteiger partial charge in [0.25, 0.3) is 6.92 Å². The molecular formula is C42H67BO5Si2. The third-order valence-corrected chi connectivity index (χ3v) is 20.9. The summed E-state index contributed by atoms with van der Waals surface area (Å²) in [6.07, 6.45) is 12.1. The Morgan fingerprint density at radius 1 is 0.760 bits per heavy atom. The molecule has 2 heterocycles. The molecule has 5 nitrogen and oxygen atoms in total. The van der Waals surface area contributed by atoms with Gasteiger partial charge in [-0.1, -0.05) is 116 Å². The lowest BCUT2D eigenvalue weighted by Gasteiger charge is -2.43. The van der Waals surface area contributed by atoms with Crippen molar-refractivity contribution < 1.29 is 23.0 Å². The molecule has 0 aromatic heterocycles. The van der Waals surface area contributed by atoms with Gasteiger partial charge in [0.05, 0.1) is 18.1 Å². The Labute approximate surface area is 307 Å². The molecule has 0 amide bonds. The molecule has 50 heavy (non-hydrogen) atoms. The molecule has 0 spiro atoms. The summed E-state index contributed by atoms with van der Waals surface area (Å²) in [6.45, 7) is 29.5. The molecule has 8 heteroatoms. The summed E-state index contributed by atoms with van der Waals surface area (Å²) in [6, 6.07) is 16.6. The van der Waals surface area contributed by atoms with Gasteiger partial charge in [-0.3, -0.25) is 4.79 Å². The molecule has 0 N–H and O–H groups in total. The van der Waals surface area contributed by atoms with Crippen LogP contribution < -0.4 is 9.16 Å². The van der Waals surface area contributed by atoms with Gasteiger partial charge in [-0.05, 0) is 104 Å². The summed E-state index contributed by atoms with van der Waals surface area (Å²) in [5.41, 5.74) is 1.68. The lowest BCUT2D eigenvalue weighted by Crippen LogP contribution is -2.47. The van der Waals surface area contributed by atoms with E-state index in [1.165, 1.54) is 44.1 Å². The second-order valence-electron chi connectivity index (χ2n) is 19.1. The highest BCUT2D eigenvalue weighted by Crippen LogP contribution is 2.48. The largest absolute Gasteiger partial charge is 0.544 e. The normalized spacial score (nSPS) is 20.5. The molecular weight excluding hydrogens is 651 g/mol. The van der Waals surface area contributed by atoms with E-state index in [0.717, 1.165) is 11.3 Å². The van der Waals surface area contributed by atoms with Gasteiger partial charge in [0.1, 0.15) is 11.5 Å². The fourth-order valence-electron chi connectivity index (χ4n) is 6.55. The van der Waals surface area contributed by atoms with E-state index < -0.39 is 22.0 Å². The zero-order valence-corrected chi connectivity index (χ0v) is 35.7. The van der Waals surface area contributed by atoms with Crippen molar-refractivity contribution in [3.63, 3.8) is 0 Å². The van der Waals surface area contributed by atoms with E-state index in [-0.39, 0.29) is 35.0 Å². The predicted molar refractivity (Wildman–Crippen MR) is 217 cm³/mol. The molecule has 0 radical (unpaired) electrons. The first-order chi connectivity index (χ1) is 23.1. The van der Waals surface area contributed by atoms with Crippen molar-refractivity contribution in [2.45, 2.75) is 161 Å². The Balaban J connectivity index is 1.70. The highest BCUT2D eigenvalue weighted by Gasteiger charge is 2.45. The van der Waals surface area contributed by atoms with Gasteiger partial charge in [0, 0.05) is 5.92 Å². The Morgan fingerprint density at radius 3 is 1.74 bits per heavy atom. The van der Waals surface area contributed by atoms with Crippen LogP contribution in [0.15, 0.2) is 54.6 Å². The Bertz CT molecular complexity index is 1410. The molecule has 2 fully saturated rings. The van der Waals surface area contributed by atoms with Crippen molar-refractivity contribution in [2.75, 3.05) is 6.61 Å². The van der Waals surface area contributed by atoms with Gasteiger partial charge in [-0.25, -0.2) is 0 Å². The number of fused-ring (bicyclic) bond motifs is 2. The number of rotatable bonds is 12. The number of carbonyl (C=O) groups is 1. The molecule has 4 rings (SSSR count). The Morgan fingerprint density at radius 2 is 1.26 bits per heavy atom. The highest BCUT2D eigenvalue weighted by molar-refractivity contribution is 6.75. The number of ether oxygens (including phenoxy) is 1. The second kappa shape index (κ2) is 15.9. The van der Waals surface area contributed by atoms with Crippen molar-refractivity contribution in [2.24, 2.45) is 5.41 Å². The number of benzene rings is 2. The average Bonchev–Trinajstić information content (AvgIpc) is 2.99. The molecule has 2 unspecified atom stereocenters. The average molecular weight is 719 g/mol. The van der Waals surface area contributed by atoms with Crippen molar-refractivity contribution in [3.8, 4) is 11.5 Å². The van der Waals surface area contributed by atoms with Crippen LogP contribution in [0.4, 0.5) is 0 Å². The highest BCUT2D eigenvalue weighted by atomic mass is 28.4. The van der Waals surface area contributed by atoms with Crippen molar-refractivity contribution in [1.82, 2.24) is 0 Å². The number of hydrogen-bond donors (Lipinski definition) is 0. The van der Waals surface area contributed by atoms with E-state index >= 15 is 0 Å². The number of hydrogen-bond acceptors (Lipinski definition) is 5. The minimum absolute atomic E-state index is 0.0252. The second-order valence-corrected chi connectivity index (χ2v) is 28.7. The maximum atomic E-state index is 12.5. The third-order valence-electron chi connectivity index (χ3n) is 12.0. The smallest absolute Gasteiger partial charge is 0.316 e. The number of carbonyl (C=O) groups excluding carboxylic acids is 1. The Hall–Kier alpha value is -2.13. The molecule has 2 atom stereocenters. The molecule has 0 aliphatic carbocycles. The SMILES string of the molecule is CC(C)(C)C(=O)Oc1ccc(/C=C\C(c2ccc(O[Si](C)(C)C(C)(C)C)cc2)C(CO[Si](C)(C)C(C)(C)C)OB2C3CCCC2CCC3)cc1. The van der Waals surface area contributed by atoms with Crippen LogP contribution in [0, 0.1) is 5.41 Å². The first kappa shape index (κ1) is 40.6. The predicted octanol–water partition coefficient (Wildman–Crippen LogP) is 12.3. The fourth-order valence-corrected chi connectivity index (χ4v) is 8.60. The first-order valence-corrected chi connectivity index (χ1v) is 25.0. The maximum Gasteiger partial charge on any atom is 0.316 e. The molecule has 2 bridgehead atoms. The summed E-state index contributed by atoms with van der Waals surface area (Å²) in [5.74, 6) is 2.49. The van der Waals surface area contributed by atoms with Crippen LogP contribution in [0.3, 0.4) is 0 Å². The fraction of sp³-hybridized carbons (Fsp3) is 0.643. The summed E-state index contributed by atoms with van der Waals surface area (Å²) >= 11 is 0. The van der Waals surface area contributed by atoms with Crippen LogP contribution in [-0.4, -0.2) is 42.2 Å². The van der Waals surface area contributed by atoms with Gasteiger partial charge in [0.2, 0.25) is 8.32 Å².